The molecule has 3 rings (SSSR count). The van der Waals surface area contributed by atoms with Crippen molar-refractivity contribution in [2.45, 2.75) is 44.4 Å². The van der Waals surface area contributed by atoms with E-state index in [4.69, 9.17) is 16.7 Å². The average Bonchev–Trinajstić information content (AvgIpc) is 3.08. The van der Waals surface area contributed by atoms with E-state index in [1.165, 1.54) is 16.7 Å². The molecule has 3 nitrogen and oxygen atoms in total. The molecule has 0 unspecified atom stereocenters. The summed E-state index contributed by atoms with van der Waals surface area (Å²) in [6.45, 7) is 6.68. The van der Waals surface area contributed by atoms with Gasteiger partial charge < -0.3 is 0 Å². The third-order valence-electron chi connectivity index (χ3n) is 5.65. The van der Waals surface area contributed by atoms with E-state index in [0.717, 1.165) is 17.9 Å². The summed E-state index contributed by atoms with van der Waals surface area (Å²) >= 11 is 6.12. The summed E-state index contributed by atoms with van der Waals surface area (Å²) in [6.07, 6.45) is 2.10. The van der Waals surface area contributed by atoms with Crippen LogP contribution in [0.2, 0.25) is 5.02 Å². The van der Waals surface area contributed by atoms with Crippen LogP contribution in [0.1, 0.15) is 42.9 Å². The monoisotopic (exact) mass is 377 g/mol. The molecule has 1 aliphatic carbocycles. The maximum absolute atomic E-state index is 11.4. The minimum Gasteiger partial charge on any atom is -0.225 e. The molecule has 25 heavy (non-hydrogen) atoms. The topological polar surface area (TPSA) is 60.2 Å². The second-order valence-corrected chi connectivity index (χ2v) is 9.63. The minimum absolute atomic E-state index is 0.167. The van der Waals surface area contributed by atoms with E-state index < -0.39 is 10.0 Å². The third kappa shape index (κ3) is 3.76. The molecule has 1 aliphatic rings. The maximum atomic E-state index is 11.4. The van der Waals surface area contributed by atoms with Gasteiger partial charge in [-0.15, -0.1) is 0 Å². The lowest BCUT2D eigenvalue weighted by Gasteiger charge is -2.07. The normalized spacial score (nSPS) is 22.0. The molecule has 0 bridgehead atoms. The number of rotatable bonds is 5. The predicted octanol–water partition coefficient (Wildman–Crippen LogP) is 4.67. The highest BCUT2D eigenvalue weighted by Gasteiger charge is 2.57. The molecule has 5 heteroatoms. The number of benzene rings is 2. The van der Waals surface area contributed by atoms with Crippen molar-refractivity contribution >= 4 is 21.6 Å². The average molecular weight is 378 g/mol. The van der Waals surface area contributed by atoms with Gasteiger partial charge in [0.05, 0.1) is 4.90 Å². The first-order chi connectivity index (χ1) is 11.6. The molecule has 2 aromatic rings. The molecule has 1 fully saturated rings. The zero-order valence-electron chi connectivity index (χ0n) is 14.8. The quantitative estimate of drug-likeness (QED) is 0.823. The SMILES string of the molecule is Cc1ccc(Cl)cc1CC[C@@H]1[C@@H](c2ccc(S(N)(=O)=O)cc2)C1(C)C. The summed E-state index contributed by atoms with van der Waals surface area (Å²) in [6, 6.07) is 13.1. The van der Waals surface area contributed by atoms with Crippen molar-refractivity contribution in [2.24, 2.45) is 16.5 Å². The first kappa shape index (κ1) is 18.4. The van der Waals surface area contributed by atoms with Crippen LogP contribution in [-0.4, -0.2) is 8.42 Å². The van der Waals surface area contributed by atoms with Gasteiger partial charge in [-0.25, -0.2) is 13.6 Å². The molecular weight excluding hydrogens is 354 g/mol. The molecule has 2 N–H and O–H groups in total. The maximum Gasteiger partial charge on any atom is 0.238 e. The van der Waals surface area contributed by atoms with Gasteiger partial charge in [0.25, 0.3) is 0 Å². The molecule has 134 valence electrons. The summed E-state index contributed by atoms with van der Waals surface area (Å²) in [4.78, 5) is 0.167. The lowest BCUT2D eigenvalue weighted by molar-refractivity contribution is 0.530. The van der Waals surface area contributed by atoms with E-state index in [0.29, 0.717) is 11.8 Å². The Hall–Kier alpha value is -1.36. The van der Waals surface area contributed by atoms with Gasteiger partial charge in [0.15, 0.2) is 0 Å². The van der Waals surface area contributed by atoms with Crippen molar-refractivity contribution in [3.8, 4) is 0 Å². The van der Waals surface area contributed by atoms with E-state index in [9.17, 15) is 8.42 Å². The van der Waals surface area contributed by atoms with Gasteiger partial charge >= 0.3 is 0 Å². The summed E-state index contributed by atoms with van der Waals surface area (Å²) in [5.41, 5.74) is 3.98. The van der Waals surface area contributed by atoms with Crippen molar-refractivity contribution in [3.05, 3.63) is 64.2 Å². The summed E-state index contributed by atoms with van der Waals surface area (Å²) in [7, 11) is -3.63. The van der Waals surface area contributed by atoms with Gasteiger partial charge in [0.1, 0.15) is 0 Å². The Labute approximate surface area is 155 Å². The molecule has 2 atom stereocenters. The van der Waals surface area contributed by atoms with Crippen LogP contribution in [0.25, 0.3) is 0 Å². The molecule has 1 saturated carbocycles. The largest absolute Gasteiger partial charge is 0.238 e. The molecule has 0 aromatic heterocycles. The van der Waals surface area contributed by atoms with Crippen molar-refractivity contribution in [1.82, 2.24) is 0 Å². The first-order valence-corrected chi connectivity index (χ1v) is 10.4. The number of halogens is 1. The second kappa shape index (κ2) is 6.42. The number of sulfonamides is 1. The van der Waals surface area contributed by atoms with E-state index in [1.807, 2.05) is 18.2 Å². The smallest absolute Gasteiger partial charge is 0.225 e. The van der Waals surface area contributed by atoms with Crippen LogP contribution >= 0.6 is 11.6 Å². The van der Waals surface area contributed by atoms with Gasteiger partial charge in [-0.05, 0) is 78.0 Å². The van der Waals surface area contributed by atoms with E-state index >= 15 is 0 Å². The summed E-state index contributed by atoms with van der Waals surface area (Å²) in [5.74, 6) is 1.02. The van der Waals surface area contributed by atoms with Gasteiger partial charge in [-0.2, -0.15) is 0 Å². The number of aryl methyl sites for hydroxylation is 2. The highest BCUT2D eigenvalue weighted by atomic mass is 35.5. The Bertz CT molecular complexity index is 888. The van der Waals surface area contributed by atoms with E-state index in [1.54, 1.807) is 12.1 Å². The predicted molar refractivity (Wildman–Crippen MR) is 102 cm³/mol. The number of hydrogen-bond donors (Lipinski definition) is 1. The Morgan fingerprint density at radius 3 is 2.36 bits per heavy atom. The van der Waals surface area contributed by atoms with Gasteiger partial charge in [0, 0.05) is 5.02 Å². The Balaban J connectivity index is 1.73. The summed E-state index contributed by atoms with van der Waals surface area (Å²) < 4.78 is 22.8. The highest BCUT2D eigenvalue weighted by Crippen LogP contribution is 2.66. The van der Waals surface area contributed by atoms with Gasteiger partial charge in [-0.3, -0.25) is 0 Å². The highest BCUT2D eigenvalue weighted by molar-refractivity contribution is 7.89. The number of hydrogen-bond acceptors (Lipinski definition) is 2. The van der Waals surface area contributed by atoms with E-state index in [-0.39, 0.29) is 10.3 Å². The van der Waals surface area contributed by atoms with Crippen LogP contribution in [0.3, 0.4) is 0 Å². The zero-order valence-corrected chi connectivity index (χ0v) is 16.4. The molecule has 2 aromatic carbocycles. The molecule has 0 spiro atoms. The molecule has 0 amide bonds. The number of nitrogens with two attached hydrogens (primary N) is 1. The fourth-order valence-corrected chi connectivity index (χ4v) is 4.74. The van der Waals surface area contributed by atoms with Crippen LogP contribution < -0.4 is 5.14 Å². The Kier molecular flexibility index (Phi) is 4.73. The standard InChI is InChI=1S/C20H24ClNO2S/c1-13-4-8-16(21)12-15(13)7-11-18-19(20(18,2)3)14-5-9-17(10-6-14)25(22,23)24/h4-6,8-10,12,18-19H,7,11H2,1-3H3,(H2,22,23,24)/t18-,19-/m1/s1. The van der Waals surface area contributed by atoms with Crippen LogP contribution in [0.15, 0.2) is 47.4 Å². The first-order valence-electron chi connectivity index (χ1n) is 8.48. The minimum atomic E-state index is -3.63. The van der Waals surface area contributed by atoms with Crippen LogP contribution in [-0.2, 0) is 16.4 Å². The third-order valence-corrected chi connectivity index (χ3v) is 6.82. The number of primary sulfonamides is 1. The van der Waals surface area contributed by atoms with Crippen molar-refractivity contribution in [1.29, 1.82) is 0 Å². The molecule has 0 heterocycles. The fraction of sp³-hybridized carbons (Fsp3) is 0.400. The molecule has 0 radical (unpaired) electrons. The summed E-state index contributed by atoms with van der Waals surface area (Å²) in [5, 5.41) is 5.96. The molecule has 0 saturated heterocycles. The molecule has 0 aliphatic heterocycles. The van der Waals surface area contributed by atoms with Crippen molar-refractivity contribution in [3.63, 3.8) is 0 Å². The van der Waals surface area contributed by atoms with Crippen molar-refractivity contribution in [2.75, 3.05) is 0 Å². The van der Waals surface area contributed by atoms with E-state index in [2.05, 4.69) is 32.9 Å². The lowest BCUT2D eigenvalue weighted by atomic mass is 9.99. The Morgan fingerprint density at radius 2 is 1.76 bits per heavy atom. The van der Waals surface area contributed by atoms with Crippen LogP contribution in [0.4, 0.5) is 0 Å². The Morgan fingerprint density at radius 1 is 1.12 bits per heavy atom. The second-order valence-electron chi connectivity index (χ2n) is 7.63. The van der Waals surface area contributed by atoms with Gasteiger partial charge in [0.2, 0.25) is 10.0 Å². The zero-order chi connectivity index (χ0) is 18.4. The lowest BCUT2D eigenvalue weighted by Crippen LogP contribution is -2.11. The molecular formula is C20H24ClNO2S. The van der Waals surface area contributed by atoms with Gasteiger partial charge in [-0.1, -0.05) is 43.6 Å². The van der Waals surface area contributed by atoms with Crippen molar-refractivity contribution < 1.29 is 8.42 Å². The van der Waals surface area contributed by atoms with Crippen LogP contribution in [0, 0.1) is 18.3 Å². The van der Waals surface area contributed by atoms with Crippen LogP contribution in [0.5, 0.6) is 0 Å². The fourth-order valence-electron chi connectivity index (χ4n) is 4.03.